The highest BCUT2D eigenvalue weighted by Crippen LogP contribution is 2.43. The Morgan fingerprint density at radius 2 is 1.60 bits per heavy atom. The number of piperazine rings is 1. The maximum Gasteiger partial charge on any atom is 0.416 e. The summed E-state index contributed by atoms with van der Waals surface area (Å²) in [5, 5.41) is 0. The molecule has 0 bridgehead atoms. The molecule has 0 N–H and O–H groups in total. The fraction of sp³-hybridized carbons (Fsp3) is 0.310. The molecule has 2 aliphatic rings. The molecular formula is C29H28F4N4O3. The van der Waals surface area contributed by atoms with Gasteiger partial charge in [-0.05, 0) is 36.4 Å². The standard InChI is InChI=1S/C29H28F4N4O3/c1-39-22-9-4-7-20(17-22)35-12-14-36(15-13-35)28-34-27-23(10-5-11-24(27)30)25(18-26(38)40-2)37(28)21-8-3-6-19(16-21)29(31,32)33/h3-11,16-17,25H,12-15,18H2,1-2H3. The second-order valence-corrected chi connectivity index (χ2v) is 9.48. The van der Waals surface area contributed by atoms with Crippen LogP contribution in [0.15, 0.2) is 71.7 Å². The number of hydrogen-bond donors (Lipinski definition) is 0. The van der Waals surface area contributed by atoms with Crippen LogP contribution in [-0.2, 0) is 15.7 Å². The monoisotopic (exact) mass is 556 g/mol. The van der Waals surface area contributed by atoms with Gasteiger partial charge in [0.2, 0.25) is 5.96 Å². The number of anilines is 2. The van der Waals surface area contributed by atoms with Crippen LogP contribution in [0.5, 0.6) is 5.75 Å². The van der Waals surface area contributed by atoms with Gasteiger partial charge in [-0.2, -0.15) is 13.2 Å². The van der Waals surface area contributed by atoms with E-state index < -0.39 is 29.6 Å². The van der Waals surface area contributed by atoms with E-state index in [4.69, 9.17) is 9.47 Å². The first kappa shape index (κ1) is 27.3. The third-order valence-corrected chi connectivity index (χ3v) is 7.14. The molecule has 0 aromatic heterocycles. The van der Waals surface area contributed by atoms with Gasteiger partial charge in [0.25, 0.3) is 0 Å². The number of benzene rings is 3. The minimum absolute atomic E-state index is 0.0601. The van der Waals surface area contributed by atoms with Gasteiger partial charge in [0.15, 0.2) is 0 Å². The summed E-state index contributed by atoms with van der Waals surface area (Å²) in [6.07, 6.45) is -4.79. The Kier molecular flexibility index (Phi) is 7.55. The molecule has 3 aromatic rings. The number of esters is 1. The number of para-hydroxylation sites is 1. The lowest BCUT2D eigenvalue weighted by Gasteiger charge is -2.45. The Labute approximate surface area is 229 Å². The fourth-order valence-electron chi connectivity index (χ4n) is 5.12. The number of carbonyl (C=O) groups excluding carboxylic acids is 1. The van der Waals surface area contributed by atoms with E-state index >= 15 is 4.39 Å². The van der Waals surface area contributed by atoms with Crippen LogP contribution in [0, 0.1) is 5.82 Å². The Morgan fingerprint density at radius 3 is 2.30 bits per heavy atom. The van der Waals surface area contributed by atoms with E-state index in [9.17, 15) is 18.0 Å². The van der Waals surface area contributed by atoms with E-state index in [0.29, 0.717) is 31.7 Å². The summed E-state index contributed by atoms with van der Waals surface area (Å²) in [6, 6.07) is 16.1. The van der Waals surface area contributed by atoms with Gasteiger partial charge in [0, 0.05) is 49.2 Å². The van der Waals surface area contributed by atoms with Gasteiger partial charge in [-0.15, -0.1) is 0 Å². The van der Waals surface area contributed by atoms with Crippen molar-refractivity contribution in [2.75, 3.05) is 50.2 Å². The molecule has 0 spiro atoms. The average molecular weight is 557 g/mol. The number of guanidine groups is 1. The van der Waals surface area contributed by atoms with Crippen LogP contribution < -0.4 is 14.5 Å². The molecule has 3 aromatic carbocycles. The van der Waals surface area contributed by atoms with Crippen molar-refractivity contribution < 1.29 is 31.8 Å². The van der Waals surface area contributed by atoms with Crippen LogP contribution in [0.2, 0.25) is 0 Å². The summed E-state index contributed by atoms with van der Waals surface area (Å²) in [6.45, 7) is 2.07. The highest BCUT2D eigenvalue weighted by Gasteiger charge is 2.39. The maximum atomic E-state index is 15.1. The Bertz CT molecular complexity index is 1420. The smallest absolute Gasteiger partial charge is 0.416 e. The van der Waals surface area contributed by atoms with E-state index in [1.807, 2.05) is 29.2 Å². The molecule has 40 heavy (non-hydrogen) atoms. The largest absolute Gasteiger partial charge is 0.497 e. The molecule has 0 amide bonds. The van der Waals surface area contributed by atoms with Gasteiger partial charge < -0.3 is 24.2 Å². The lowest BCUT2D eigenvalue weighted by Crippen LogP contribution is -2.55. The number of ether oxygens (including phenoxy) is 2. The Balaban J connectivity index is 1.56. The zero-order valence-electron chi connectivity index (χ0n) is 22.0. The predicted octanol–water partition coefficient (Wildman–Crippen LogP) is 5.79. The quantitative estimate of drug-likeness (QED) is 0.293. The maximum absolute atomic E-state index is 15.1. The second-order valence-electron chi connectivity index (χ2n) is 9.48. The van der Waals surface area contributed by atoms with Gasteiger partial charge in [0.1, 0.15) is 17.3 Å². The Hall–Kier alpha value is -4.28. The molecule has 5 rings (SSSR count). The molecule has 7 nitrogen and oxygen atoms in total. The van der Waals surface area contributed by atoms with Crippen molar-refractivity contribution in [2.45, 2.75) is 18.6 Å². The van der Waals surface area contributed by atoms with E-state index in [1.54, 1.807) is 18.1 Å². The molecule has 1 saturated heterocycles. The van der Waals surface area contributed by atoms with Crippen LogP contribution >= 0.6 is 0 Å². The molecule has 0 saturated carbocycles. The summed E-state index contributed by atoms with van der Waals surface area (Å²) >= 11 is 0. The van der Waals surface area contributed by atoms with Crippen molar-refractivity contribution >= 4 is 29.0 Å². The molecule has 210 valence electrons. The van der Waals surface area contributed by atoms with Crippen molar-refractivity contribution in [1.82, 2.24) is 4.90 Å². The molecule has 1 fully saturated rings. The van der Waals surface area contributed by atoms with Crippen molar-refractivity contribution in [3.63, 3.8) is 0 Å². The first-order chi connectivity index (χ1) is 19.2. The zero-order chi connectivity index (χ0) is 28.4. The second kappa shape index (κ2) is 11.1. The van der Waals surface area contributed by atoms with Gasteiger partial charge in [-0.25, -0.2) is 9.38 Å². The number of rotatable bonds is 5. The number of fused-ring (bicyclic) bond motifs is 1. The first-order valence-corrected chi connectivity index (χ1v) is 12.7. The van der Waals surface area contributed by atoms with E-state index in [0.717, 1.165) is 23.6 Å². The summed E-state index contributed by atoms with van der Waals surface area (Å²) in [7, 11) is 2.83. The third kappa shape index (κ3) is 5.41. The van der Waals surface area contributed by atoms with Gasteiger partial charge >= 0.3 is 12.1 Å². The summed E-state index contributed by atoms with van der Waals surface area (Å²) in [4.78, 5) is 22.8. The molecule has 1 unspecified atom stereocenters. The highest BCUT2D eigenvalue weighted by atomic mass is 19.4. The summed E-state index contributed by atoms with van der Waals surface area (Å²) in [5.74, 6) is -0.161. The van der Waals surface area contributed by atoms with Gasteiger partial charge in [-0.1, -0.05) is 24.3 Å². The lowest BCUT2D eigenvalue weighted by atomic mass is 9.97. The topological polar surface area (TPSA) is 57.6 Å². The number of hydrogen-bond acceptors (Lipinski definition) is 7. The minimum Gasteiger partial charge on any atom is -0.497 e. The summed E-state index contributed by atoms with van der Waals surface area (Å²) in [5.41, 5.74) is 0.771. The van der Waals surface area contributed by atoms with Gasteiger partial charge in [0.05, 0.1) is 32.2 Å². The van der Waals surface area contributed by atoms with Crippen molar-refractivity contribution in [2.24, 2.45) is 4.99 Å². The molecule has 11 heteroatoms. The summed E-state index contributed by atoms with van der Waals surface area (Å²) < 4.78 is 66.4. The van der Waals surface area contributed by atoms with Gasteiger partial charge in [-0.3, -0.25) is 4.79 Å². The van der Waals surface area contributed by atoms with Crippen molar-refractivity contribution in [1.29, 1.82) is 0 Å². The van der Waals surface area contributed by atoms with Crippen LogP contribution in [0.3, 0.4) is 0 Å². The molecular weight excluding hydrogens is 528 g/mol. The number of nitrogens with zero attached hydrogens (tertiary/aromatic N) is 4. The fourth-order valence-corrected chi connectivity index (χ4v) is 5.12. The van der Waals surface area contributed by atoms with Crippen LogP contribution in [0.1, 0.15) is 23.6 Å². The predicted molar refractivity (Wildman–Crippen MR) is 144 cm³/mol. The minimum atomic E-state index is -4.58. The zero-order valence-corrected chi connectivity index (χ0v) is 22.0. The number of halogens is 4. The Morgan fingerprint density at radius 1 is 0.925 bits per heavy atom. The molecule has 0 radical (unpaired) electrons. The SMILES string of the molecule is COC(=O)CC1c2cccc(F)c2N=C(N2CCN(c3cccc(OC)c3)CC2)N1c1cccc(C(F)(F)F)c1. The lowest BCUT2D eigenvalue weighted by molar-refractivity contribution is -0.141. The molecule has 1 atom stereocenters. The highest BCUT2D eigenvalue weighted by molar-refractivity contribution is 6.01. The number of carbonyl (C=O) groups is 1. The van der Waals surface area contributed by atoms with E-state index in [1.165, 1.54) is 31.4 Å². The third-order valence-electron chi connectivity index (χ3n) is 7.14. The molecule has 2 heterocycles. The van der Waals surface area contributed by atoms with Crippen LogP contribution in [0.25, 0.3) is 0 Å². The van der Waals surface area contributed by atoms with Crippen molar-refractivity contribution in [3.8, 4) is 5.75 Å². The molecule has 2 aliphatic heterocycles. The van der Waals surface area contributed by atoms with E-state index in [-0.39, 0.29) is 23.8 Å². The number of methoxy groups -OCH3 is 2. The number of aliphatic imine (C=N–C) groups is 1. The van der Waals surface area contributed by atoms with Crippen molar-refractivity contribution in [3.05, 3.63) is 83.7 Å². The number of alkyl halides is 3. The van der Waals surface area contributed by atoms with Crippen LogP contribution in [0.4, 0.5) is 34.6 Å². The van der Waals surface area contributed by atoms with Crippen LogP contribution in [-0.4, -0.2) is 57.2 Å². The normalized spacial score (nSPS) is 17.3. The average Bonchev–Trinajstić information content (AvgIpc) is 2.97. The molecule has 0 aliphatic carbocycles. The first-order valence-electron chi connectivity index (χ1n) is 12.7. The van der Waals surface area contributed by atoms with E-state index in [2.05, 4.69) is 9.89 Å².